The van der Waals surface area contributed by atoms with Crippen molar-refractivity contribution in [2.24, 2.45) is 0 Å². The Morgan fingerprint density at radius 1 is 1.07 bits per heavy atom. The van der Waals surface area contributed by atoms with Crippen LogP contribution in [0.15, 0.2) is 54.6 Å². The second-order valence-electron chi connectivity index (χ2n) is 6.94. The van der Waals surface area contributed by atoms with Gasteiger partial charge >= 0.3 is 0 Å². The number of rotatable bonds is 6. The van der Waals surface area contributed by atoms with E-state index in [1.54, 1.807) is 0 Å². The van der Waals surface area contributed by atoms with Gasteiger partial charge in [-0.3, -0.25) is 4.90 Å². The smallest absolute Gasteiger partial charge is 0.171 e. The zero-order valence-electron chi connectivity index (χ0n) is 16.2. The molecule has 2 aromatic rings. The molecule has 0 unspecified atom stereocenters. The third-order valence-electron chi connectivity index (χ3n) is 5.03. The van der Waals surface area contributed by atoms with E-state index >= 15 is 0 Å². The molecule has 1 saturated heterocycles. The first-order chi connectivity index (χ1) is 13.2. The van der Waals surface area contributed by atoms with Crippen molar-refractivity contribution in [3.8, 4) is 0 Å². The van der Waals surface area contributed by atoms with Gasteiger partial charge in [0.15, 0.2) is 5.11 Å². The van der Waals surface area contributed by atoms with E-state index in [-0.39, 0.29) is 12.1 Å². The lowest BCUT2D eigenvalue weighted by atomic mass is 9.98. The van der Waals surface area contributed by atoms with Gasteiger partial charge < -0.3 is 15.4 Å². The van der Waals surface area contributed by atoms with Gasteiger partial charge in [-0.05, 0) is 48.8 Å². The van der Waals surface area contributed by atoms with Gasteiger partial charge in [-0.15, -0.1) is 0 Å². The largest absolute Gasteiger partial charge is 0.379 e. The molecule has 0 bridgehead atoms. The first-order valence-electron chi connectivity index (χ1n) is 9.70. The van der Waals surface area contributed by atoms with Crippen molar-refractivity contribution < 1.29 is 4.74 Å². The zero-order valence-corrected chi connectivity index (χ0v) is 17.0. The number of thiocarbonyl (C=S) groups is 1. The molecule has 4 nitrogen and oxygen atoms in total. The van der Waals surface area contributed by atoms with E-state index in [1.807, 2.05) is 0 Å². The van der Waals surface area contributed by atoms with Crippen LogP contribution in [0.2, 0.25) is 0 Å². The lowest BCUT2D eigenvalue weighted by Gasteiger charge is -2.38. The van der Waals surface area contributed by atoms with E-state index in [0.29, 0.717) is 5.11 Å². The monoisotopic (exact) mass is 383 g/mol. The summed E-state index contributed by atoms with van der Waals surface area (Å²) in [4.78, 5) is 2.48. The summed E-state index contributed by atoms with van der Waals surface area (Å²) in [5, 5.41) is 7.45. The fourth-order valence-electron chi connectivity index (χ4n) is 3.60. The minimum atomic E-state index is 0.167. The van der Waals surface area contributed by atoms with E-state index in [9.17, 15) is 0 Å². The average molecular weight is 384 g/mol. The molecule has 0 spiro atoms. The van der Waals surface area contributed by atoms with Gasteiger partial charge in [0.2, 0.25) is 0 Å². The number of morpholine rings is 1. The summed E-state index contributed by atoms with van der Waals surface area (Å²) < 4.78 is 5.54. The second-order valence-corrected chi connectivity index (χ2v) is 7.35. The highest BCUT2D eigenvalue weighted by atomic mass is 32.1. The number of anilines is 1. The van der Waals surface area contributed by atoms with Gasteiger partial charge in [-0.25, -0.2) is 0 Å². The molecule has 2 atom stereocenters. The number of benzene rings is 2. The van der Waals surface area contributed by atoms with E-state index in [0.717, 1.165) is 38.4 Å². The topological polar surface area (TPSA) is 36.5 Å². The zero-order chi connectivity index (χ0) is 19.1. The molecular weight excluding hydrogens is 354 g/mol. The predicted octanol–water partition coefficient (Wildman–Crippen LogP) is 4.00. The number of hydrogen-bond acceptors (Lipinski definition) is 3. The maximum absolute atomic E-state index is 5.58. The molecule has 5 heteroatoms. The fourth-order valence-corrected chi connectivity index (χ4v) is 3.90. The first kappa shape index (κ1) is 19.8. The Bertz CT molecular complexity index is 714. The Hall–Kier alpha value is -1.95. The van der Waals surface area contributed by atoms with Crippen LogP contribution in [-0.2, 0) is 11.2 Å². The number of aryl methyl sites for hydroxylation is 1. The highest BCUT2D eigenvalue weighted by Crippen LogP contribution is 2.25. The molecule has 0 saturated carbocycles. The summed E-state index contributed by atoms with van der Waals surface area (Å²) in [6.07, 6.45) is 1.04. The third kappa shape index (κ3) is 5.51. The fraction of sp³-hybridized carbons (Fsp3) is 0.409. The van der Waals surface area contributed by atoms with Gasteiger partial charge in [0.1, 0.15) is 0 Å². The number of ether oxygens (including phenoxy) is 1. The van der Waals surface area contributed by atoms with Crippen LogP contribution in [0.3, 0.4) is 0 Å². The van der Waals surface area contributed by atoms with E-state index in [2.05, 4.69) is 84.0 Å². The first-order valence-corrected chi connectivity index (χ1v) is 10.1. The Morgan fingerprint density at radius 3 is 2.37 bits per heavy atom. The summed E-state index contributed by atoms with van der Waals surface area (Å²) in [6, 6.07) is 19.5. The maximum atomic E-state index is 5.58. The Morgan fingerprint density at radius 2 is 1.74 bits per heavy atom. The quantitative estimate of drug-likeness (QED) is 0.738. The standard InChI is InChI=1S/C22H29N3OS/c1-3-18-9-11-20(12-10-18)24-22(27)23-17(2)21(19-7-5-4-6-8-19)25-13-15-26-16-14-25/h4-12,17,21H,3,13-16H2,1-2H3,(H2,23,24,27)/t17-,21-/m0/s1. The summed E-state index contributed by atoms with van der Waals surface area (Å²) >= 11 is 5.58. The van der Waals surface area contributed by atoms with Gasteiger partial charge in [-0.1, -0.05) is 49.4 Å². The molecule has 0 aliphatic carbocycles. The van der Waals surface area contributed by atoms with Crippen LogP contribution >= 0.6 is 12.2 Å². The number of nitrogens with one attached hydrogen (secondary N) is 2. The SMILES string of the molecule is CCc1ccc(NC(=S)N[C@@H](C)[C@@H](c2ccccc2)N2CCOCC2)cc1. The molecule has 3 rings (SSSR count). The highest BCUT2D eigenvalue weighted by Gasteiger charge is 2.28. The van der Waals surface area contributed by atoms with Gasteiger partial charge in [0, 0.05) is 24.8 Å². The Labute approximate surface area is 167 Å². The molecule has 27 heavy (non-hydrogen) atoms. The van der Waals surface area contributed by atoms with Crippen molar-refractivity contribution in [2.45, 2.75) is 32.4 Å². The summed E-state index contributed by atoms with van der Waals surface area (Å²) in [6.45, 7) is 7.78. The number of nitrogens with zero attached hydrogens (tertiary/aromatic N) is 1. The van der Waals surface area contributed by atoms with Crippen LogP contribution in [0.25, 0.3) is 0 Å². The van der Waals surface area contributed by atoms with Crippen molar-refractivity contribution in [1.29, 1.82) is 0 Å². The van der Waals surface area contributed by atoms with Crippen LogP contribution in [0, 0.1) is 0 Å². The molecule has 0 amide bonds. The van der Waals surface area contributed by atoms with Gasteiger partial charge in [0.25, 0.3) is 0 Å². The molecular formula is C22H29N3OS. The normalized spacial score (nSPS) is 17.1. The van der Waals surface area contributed by atoms with Crippen LogP contribution in [0.4, 0.5) is 5.69 Å². The maximum Gasteiger partial charge on any atom is 0.171 e. The van der Waals surface area contributed by atoms with Gasteiger partial charge in [-0.2, -0.15) is 0 Å². The molecule has 0 radical (unpaired) electrons. The van der Waals surface area contributed by atoms with E-state index in [1.165, 1.54) is 11.1 Å². The highest BCUT2D eigenvalue weighted by molar-refractivity contribution is 7.80. The summed E-state index contributed by atoms with van der Waals surface area (Å²) in [5.74, 6) is 0. The predicted molar refractivity (Wildman–Crippen MR) is 116 cm³/mol. The van der Waals surface area contributed by atoms with Crippen molar-refractivity contribution in [3.63, 3.8) is 0 Å². The minimum absolute atomic E-state index is 0.167. The third-order valence-corrected chi connectivity index (χ3v) is 5.25. The minimum Gasteiger partial charge on any atom is -0.379 e. The molecule has 1 heterocycles. The number of hydrogen-bond donors (Lipinski definition) is 2. The molecule has 2 aromatic carbocycles. The average Bonchev–Trinajstić information content (AvgIpc) is 2.70. The van der Waals surface area contributed by atoms with Crippen molar-refractivity contribution in [1.82, 2.24) is 10.2 Å². The summed E-state index contributed by atoms with van der Waals surface area (Å²) in [5.41, 5.74) is 3.64. The summed E-state index contributed by atoms with van der Waals surface area (Å²) in [7, 11) is 0. The molecule has 0 aromatic heterocycles. The van der Waals surface area contributed by atoms with Crippen molar-refractivity contribution in [2.75, 3.05) is 31.6 Å². The lowest BCUT2D eigenvalue weighted by molar-refractivity contribution is 0.0102. The molecule has 1 fully saturated rings. The van der Waals surface area contributed by atoms with Crippen LogP contribution in [0.1, 0.15) is 31.0 Å². The van der Waals surface area contributed by atoms with Gasteiger partial charge in [0.05, 0.1) is 19.3 Å². The van der Waals surface area contributed by atoms with E-state index < -0.39 is 0 Å². The Kier molecular flexibility index (Phi) is 7.21. The molecule has 144 valence electrons. The van der Waals surface area contributed by atoms with Crippen LogP contribution in [0.5, 0.6) is 0 Å². The van der Waals surface area contributed by atoms with Crippen LogP contribution < -0.4 is 10.6 Å². The van der Waals surface area contributed by atoms with Crippen LogP contribution in [-0.4, -0.2) is 42.4 Å². The van der Waals surface area contributed by atoms with Crippen molar-refractivity contribution in [3.05, 3.63) is 65.7 Å². The van der Waals surface area contributed by atoms with Crippen molar-refractivity contribution >= 4 is 23.0 Å². The molecule has 2 N–H and O–H groups in total. The lowest BCUT2D eigenvalue weighted by Crippen LogP contribution is -2.49. The second kappa shape index (κ2) is 9.83. The molecule has 1 aliphatic heterocycles. The Balaban J connectivity index is 1.67. The molecule has 1 aliphatic rings. The van der Waals surface area contributed by atoms with E-state index in [4.69, 9.17) is 17.0 Å².